The topological polar surface area (TPSA) is 60.7 Å². The number of aliphatic hydroxyl groups is 3. The van der Waals surface area contributed by atoms with Crippen molar-refractivity contribution in [3.8, 4) is 0 Å². The Balaban J connectivity index is 1.77. The maximum Gasteiger partial charge on any atom is 0.188 e. The highest BCUT2D eigenvalue weighted by atomic mass is 16.5. The van der Waals surface area contributed by atoms with Gasteiger partial charge in [-0.05, 0) is 73.7 Å². The van der Waals surface area contributed by atoms with Crippen LogP contribution in [0.4, 0.5) is 0 Å². The average molecular weight is 306 g/mol. The molecular weight excluding hydrogens is 276 g/mol. The zero-order chi connectivity index (χ0) is 15.8. The molecule has 3 saturated carbocycles. The fourth-order valence-corrected chi connectivity index (χ4v) is 6.91. The van der Waals surface area contributed by atoms with Crippen molar-refractivity contribution in [2.45, 2.75) is 70.7 Å². The lowest BCUT2D eigenvalue weighted by Crippen LogP contribution is -2.64. The quantitative estimate of drug-likeness (QED) is 0.476. The van der Waals surface area contributed by atoms with Gasteiger partial charge in [0.25, 0.3) is 0 Å². The molecule has 3 fully saturated rings. The van der Waals surface area contributed by atoms with Crippen LogP contribution in [0.1, 0.15) is 58.8 Å². The summed E-state index contributed by atoms with van der Waals surface area (Å²) < 4.78 is 0. The lowest BCUT2D eigenvalue weighted by molar-refractivity contribution is -0.284. The molecule has 0 saturated heterocycles. The van der Waals surface area contributed by atoms with Crippen molar-refractivity contribution >= 4 is 0 Å². The van der Waals surface area contributed by atoms with Crippen LogP contribution >= 0.6 is 0 Å². The van der Waals surface area contributed by atoms with E-state index in [4.69, 9.17) is 0 Å². The van der Waals surface area contributed by atoms with Gasteiger partial charge in [-0.25, -0.2) is 0 Å². The second-order valence-corrected chi connectivity index (χ2v) is 9.02. The van der Waals surface area contributed by atoms with E-state index in [9.17, 15) is 15.3 Å². The smallest absolute Gasteiger partial charge is 0.188 e. The van der Waals surface area contributed by atoms with E-state index in [2.05, 4.69) is 13.8 Å². The molecule has 3 heteroatoms. The number of aliphatic hydroxyl groups excluding tert-OH is 1. The van der Waals surface area contributed by atoms with E-state index < -0.39 is 11.2 Å². The highest BCUT2D eigenvalue weighted by Crippen LogP contribution is 2.66. The van der Waals surface area contributed by atoms with Crippen LogP contribution in [0.15, 0.2) is 12.2 Å². The van der Waals surface area contributed by atoms with Crippen LogP contribution < -0.4 is 0 Å². The maximum atomic E-state index is 10.9. The van der Waals surface area contributed by atoms with Crippen LogP contribution in [-0.4, -0.2) is 27.2 Å². The largest absolute Gasteiger partial charge is 0.393 e. The van der Waals surface area contributed by atoms with E-state index in [1.165, 1.54) is 25.7 Å². The van der Waals surface area contributed by atoms with Crippen molar-refractivity contribution in [3.05, 3.63) is 12.2 Å². The summed E-state index contributed by atoms with van der Waals surface area (Å²) in [6.07, 6.45) is 10.7. The summed E-state index contributed by atoms with van der Waals surface area (Å²) >= 11 is 0. The summed E-state index contributed by atoms with van der Waals surface area (Å²) in [7, 11) is 0. The van der Waals surface area contributed by atoms with Crippen molar-refractivity contribution in [2.75, 3.05) is 0 Å². The molecular formula is C19H30O3. The summed E-state index contributed by atoms with van der Waals surface area (Å²) in [6, 6.07) is 0. The second-order valence-electron chi connectivity index (χ2n) is 9.02. The summed E-state index contributed by atoms with van der Waals surface area (Å²) in [5.74, 6) is -0.536. The molecule has 4 aliphatic carbocycles. The standard InChI is InChI=1S/C19H30O3/c1-17-8-4-6-13(17)16-14(7-10-17)18(2)12(11-15(16)20)5-3-9-19(18,21)22/h3,9,12-16,20-22H,4-8,10-11H2,1-2H3/t12?,13-,14-,15-,16-,17-,18-/m0/s1. The minimum atomic E-state index is -1.73. The van der Waals surface area contributed by atoms with Gasteiger partial charge >= 0.3 is 0 Å². The monoisotopic (exact) mass is 306 g/mol. The third-order valence-corrected chi connectivity index (χ3v) is 8.27. The Bertz CT molecular complexity index is 499. The molecule has 0 aliphatic heterocycles. The van der Waals surface area contributed by atoms with Gasteiger partial charge in [-0.15, -0.1) is 0 Å². The molecule has 7 atom stereocenters. The number of fused-ring (bicyclic) bond motifs is 5. The fraction of sp³-hybridized carbons (Fsp3) is 0.895. The van der Waals surface area contributed by atoms with Crippen molar-refractivity contribution in [1.82, 2.24) is 0 Å². The molecule has 0 radical (unpaired) electrons. The van der Waals surface area contributed by atoms with E-state index in [1.54, 1.807) is 6.08 Å². The summed E-state index contributed by atoms with van der Waals surface area (Å²) in [4.78, 5) is 0. The Kier molecular flexibility index (Phi) is 3.16. The van der Waals surface area contributed by atoms with Crippen molar-refractivity contribution < 1.29 is 15.3 Å². The lowest BCUT2D eigenvalue weighted by Gasteiger charge is -2.63. The highest BCUT2D eigenvalue weighted by molar-refractivity contribution is 5.19. The second kappa shape index (κ2) is 4.58. The number of hydrogen-bond acceptors (Lipinski definition) is 3. The van der Waals surface area contributed by atoms with Crippen LogP contribution in [0, 0.1) is 34.5 Å². The van der Waals surface area contributed by atoms with Gasteiger partial charge in [0.1, 0.15) is 0 Å². The van der Waals surface area contributed by atoms with Gasteiger partial charge in [0.15, 0.2) is 5.79 Å². The molecule has 3 N–H and O–H groups in total. The first-order valence-corrected chi connectivity index (χ1v) is 9.10. The molecule has 0 aromatic rings. The Labute approximate surface area is 133 Å². The number of allylic oxidation sites excluding steroid dienone is 1. The number of rotatable bonds is 0. The van der Waals surface area contributed by atoms with Gasteiger partial charge in [-0.1, -0.05) is 26.3 Å². The van der Waals surface area contributed by atoms with Gasteiger partial charge in [0.2, 0.25) is 0 Å². The lowest BCUT2D eigenvalue weighted by atomic mass is 9.44. The van der Waals surface area contributed by atoms with Crippen molar-refractivity contribution in [3.63, 3.8) is 0 Å². The van der Waals surface area contributed by atoms with E-state index in [1.807, 2.05) is 6.08 Å². The first-order valence-electron chi connectivity index (χ1n) is 9.10. The Morgan fingerprint density at radius 3 is 2.59 bits per heavy atom. The minimum Gasteiger partial charge on any atom is -0.393 e. The highest BCUT2D eigenvalue weighted by Gasteiger charge is 2.65. The Hall–Kier alpha value is -0.380. The molecule has 0 bridgehead atoms. The van der Waals surface area contributed by atoms with E-state index in [-0.39, 0.29) is 23.9 Å². The predicted octanol–water partition coefficient (Wildman–Crippen LogP) is 2.85. The third kappa shape index (κ3) is 1.73. The molecule has 0 aromatic carbocycles. The summed E-state index contributed by atoms with van der Waals surface area (Å²) in [6.45, 7) is 4.47. The van der Waals surface area contributed by atoms with Gasteiger partial charge in [-0.3, -0.25) is 0 Å². The first-order chi connectivity index (χ1) is 10.3. The molecule has 4 rings (SSSR count). The van der Waals surface area contributed by atoms with Crippen molar-refractivity contribution in [2.24, 2.45) is 34.5 Å². The SMILES string of the molecule is C[C@@]12CCC[C@H]1[C@@H]1[C@@H](O)CC3CC=CC(O)(O)[C@]3(C)[C@H]1CC2. The Morgan fingerprint density at radius 1 is 1.05 bits per heavy atom. The summed E-state index contributed by atoms with van der Waals surface area (Å²) in [5.41, 5.74) is -0.154. The first kappa shape index (κ1) is 15.2. The maximum absolute atomic E-state index is 10.9. The molecule has 3 nitrogen and oxygen atoms in total. The van der Waals surface area contributed by atoms with Crippen LogP contribution in [0.25, 0.3) is 0 Å². The van der Waals surface area contributed by atoms with E-state index in [0.717, 1.165) is 19.3 Å². The molecule has 0 heterocycles. The molecule has 22 heavy (non-hydrogen) atoms. The third-order valence-electron chi connectivity index (χ3n) is 8.27. The van der Waals surface area contributed by atoms with Crippen LogP contribution in [0.2, 0.25) is 0 Å². The minimum absolute atomic E-state index is 0.175. The fourth-order valence-electron chi connectivity index (χ4n) is 6.91. The molecule has 4 aliphatic rings. The van der Waals surface area contributed by atoms with Crippen LogP contribution in [0.5, 0.6) is 0 Å². The molecule has 124 valence electrons. The molecule has 0 aromatic heterocycles. The zero-order valence-corrected chi connectivity index (χ0v) is 13.8. The van der Waals surface area contributed by atoms with Gasteiger partial charge in [0, 0.05) is 5.41 Å². The van der Waals surface area contributed by atoms with E-state index >= 15 is 0 Å². The average Bonchev–Trinajstić information content (AvgIpc) is 2.83. The molecule has 0 spiro atoms. The zero-order valence-electron chi connectivity index (χ0n) is 13.8. The normalized spacial score (nSPS) is 56.1. The Morgan fingerprint density at radius 2 is 1.82 bits per heavy atom. The molecule has 0 amide bonds. The van der Waals surface area contributed by atoms with Crippen LogP contribution in [0.3, 0.4) is 0 Å². The van der Waals surface area contributed by atoms with Gasteiger partial charge < -0.3 is 15.3 Å². The summed E-state index contributed by atoms with van der Waals surface area (Å²) in [5, 5.41) is 32.4. The van der Waals surface area contributed by atoms with Crippen molar-refractivity contribution in [1.29, 1.82) is 0 Å². The van der Waals surface area contributed by atoms with E-state index in [0.29, 0.717) is 11.3 Å². The van der Waals surface area contributed by atoms with Gasteiger partial charge in [-0.2, -0.15) is 0 Å². The van der Waals surface area contributed by atoms with Gasteiger partial charge in [0.05, 0.1) is 6.10 Å². The predicted molar refractivity (Wildman–Crippen MR) is 84.8 cm³/mol. The van der Waals surface area contributed by atoms with Crippen LogP contribution in [-0.2, 0) is 0 Å². The number of hydrogen-bond donors (Lipinski definition) is 3. The molecule has 1 unspecified atom stereocenters.